The quantitative estimate of drug-likeness (QED) is 0.463. The van der Waals surface area contributed by atoms with Crippen LogP contribution in [0.4, 0.5) is 11.4 Å². The molecule has 1 N–H and O–H groups in total. The van der Waals surface area contributed by atoms with Gasteiger partial charge in [0.1, 0.15) is 0 Å². The van der Waals surface area contributed by atoms with Gasteiger partial charge in [0.15, 0.2) is 5.78 Å². The summed E-state index contributed by atoms with van der Waals surface area (Å²) in [5, 5.41) is 14.0. The van der Waals surface area contributed by atoms with Gasteiger partial charge in [-0.25, -0.2) is 0 Å². The largest absolute Gasteiger partial charge is 0.368 e. The molecule has 2 rings (SSSR count). The van der Waals surface area contributed by atoms with Gasteiger partial charge in [-0.3, -0.25) is 14.7 Å². The summed E-state index contributed by atoms with van der Waals surface area (Å²) in [4.78, 5) is 10.5. The van der Waals surface area contributed by atoms with Crippen LogP contribution in [0.25, 0.3) is 0 Å². The summed E-state index contributed by atoms with van der Waals surface area (Å²) in [6.07, 6.45) is 0. The van der Waals surface area contributed by atoms with E-state index in [0.29, 0.717) is 11.3 Å². The molecule has 0 saturated heterocycles. The first-order valence-electron chi connectivity index (χ1n) is 6.77. The minimum absolute atomic E-state index is 0.0962. The van der Waals surface area contributed by atoms with Crippen molar-refractivity contribution < 1.29 is 18.5 Å². The highest BCUT2D eigenvalue weighted by Crippen LogP contribution is 2.59. The molecule has 0 fully saturated rings. The van der Waals surface area contributed by atoms with E-state index in [1.807, 2.05) is 18.2 Å². The molecule has 23 heavy (non-hydrogen) atoms. The number of non-ortho nitro benzene ring substituents is 1. The Bertz CT molecular complexity index is 715. The summed E-state index contributed by atoms with van der Waals surface area (Å²) in [5.74, 6) is -0.875. The fraction of sp³-hybridized carbons (Fsp3) is 0.200. The number of nitro groups is 1. The first-order chi connectivity index (χ1) is 11.0. The van der Waals surface area contributed by atoms with Crippen LogP contribution >= 0.6 is 7.60 Å². The third kappa shape index (κ3) is 3.96. The second-order valence-corrected chi connectivity index (χ2v) is 7.00. The van der Waals surface area contributed by atoms with Gasteiger partial charge in [0.25, 0.3) is 5.69 Å². The van der Waals surface area contributed by atoms with Crippen molar-refractivity contribution >= 4 is 19.0 Å². The molecule has 0 amide bonds. The molecule has 7 nitrogen and oxygen atoms in total. The Hall–Kier alpha value is -2.21. The van der Waals surface area contributed by atoms with Crippen LogP contribution in [0.1, 0.15) is 11.3 Å². The Morgan fingerprint density at radius 2 is 1.74 bits per heavy atom. The molecule has 0 bridgehead atoms. The van der Waals surface area contributed by atoms with E-state index in [1.54, 1.807) is 18.2 Å². The lowest BCUT2D eigenvalue weighted by Crippen LogP contribution is -2.13. The zero-order valence-corrected chi connectivity index (χ0v) is 13.6. The lowest BCUT2D eigenvalue weighted by atomic mass is 10.2. The van der Waals surface area contributed by atoms with Crippen LogP contribution in [-0.4, -0.2) is 19.1 Å². The Balaban J connectivity index is 2.47. The van der Waals surface area contributed by atoms with E-state index in [0.717, 1.165) is 0 Å². The molecule has 1 atom stereocenters. The number of hydrogen-bond acceptors (Lipinski definition) is 6. The molecule has 2 aromatic carbocycles. The highest BCUT2D eigenvalue weighted by molar-refractivity contribution is 7.54. The van der Waals surface area contributed by atoms with Gasteiger partial charge in [-0.15, -0.1) is 0 Å². The number of para-hydroxylation sites is 1. The number of rotatable bonds is 7. The minimum atomic E-state index is -3.56. The zero-order chi connectivity index (χ0) is 16.9. The summed E-state index contributed by atoms with van der Waals surface area (Å²) < 4.78 is 23.0. The molecular formula is C15H17N2O5P. The van der Waals surface area contributed by atoms with Crippen LogP contribution < -0.4 is 5.32 Å². The smallest absolute Gasteiger partial charge is 0.356 e. The molecule has 0 aliphatic rings. The van der Waals surface area contributed by atoms with E-state index in [-0.39, 0.29) is 5.69 Å². The van der Waals surface area contributed by atoms with E-state index in [1.165, 1.54) is 32.4 Å². The lowest BCUT2D eigenvalue weighted by Gasteiger charge is -2.26. The lowest BCUT2D eigenvalue weighted by molar-refractivity contribution is -0.384. The predicted molar refractivity (Wildman–Crippen MR) is 87.5 cm³/mol. The summed E-state index contributed by atoms with van der Waals surface area (Å²) in [6.45, 7) is 0. The van der Waals surface area contributed by atoms with Gasteiger partial charge >= 0.3 is 7.60 Å². The molecule has 8 heteroatoms. The van der Waals surface area contributed by atoms with Gasteiger partial charge in [-0.05, 0) is 17.7 Å². The standard InChI is InChI=1S/C15H17N2O5P/c1-21-23(20,22-2)15(16-13-8-4-3-5-9-13)12-7-6-10-14(11-12)17(18)19/h3-11,15-16H,1-2H3/t15-/m1/s1. The van der Waals surface area contributed by atoms with Crippen molar-refractivity contribution in [2.24, 2.45) is 0 Å². The van der Waals surface area contributed by atoms with Crippen molar-refractivity contribution in [2.45, 2.75) is 5.78 Å². The molecule has 2 aromatic rings. The van der Waals surface area contributed by atoms with Gasteiger partial charge in [0, 0.05) is 32.0 Å². The maximum Gasteiger partial charge on any atom is 0.356 e. The van der Waals surface area contributed by atoms with Crippen molar-refractivity contribution in [1.29, 1.82) is 0 Å². The van der Waals surface area contributed by atoms with Crippen LogP contribution in [0.2, 0.25) is 0 Å². The Morgan fingerprint density at radius 1 is 1.09 bits per heavy atom. The van der Waals surface area contributed by atoms with Crippen LogP contribution in [0, 0.1) is 10.1 Å². The summed E-state index contributed by atoms with van der Waals surface area (Å²) >= 11 is 0. The molecule has 0 aliphatic heterocycles. The van der Waals surface area contributed by atoms with Crippen molar-refractivity contribution in [1.82, 2.24) is 0 Å². The van der Waals surface area contributed by atoms with Crippen molar-refractivity contribution in [2.75, 3.05) is 19.5 Å². The van der Waals surface area contributed by atoms with Crippen LogP contribution in [0.5, 0.6) is 0 Å². The van der Waals surface area contributed by atoms with E-state index < -0.39 is 18.3 Å². The third-order valence-electron chi connectivity index (χ3n) is 3.30. The maximum atomic E-state index is 12.9. The minimum Gasteiger partial charge on any atom is -0.368 e. The fourth-order valence-electron chi connectivity index (χ4n) is 2.13. The molecule has 0 radical (unpaired) electrons. The maximum absolute atomic E-state index is 12.9. The fourth-order valence-corrected chi connectivity index (χ4v) is 3.53. The monoisotopic (exact) mass is 336 g/mol. The second-order valence-electron chi connectivity index (χ2n) is 4.67. The van der Waals surface area contributed by atoms with Crippen LogP contribution in [0.3, 0.4) is 0 Å². The number of anilines is 1. The number of nitrogens with one attached hydrogen (secondary N) is 1. The first-order valence-corrected chi connectivity index (χ1v) is 8.38. The number of benzene rings is 2. The van der Waals surface area contributed by atoms with Gasteiger partial charge < -0.3 is 14.4 Å². The highest BCUT2D eigenvalue weighted by Gasteiger charge is 2.36. The van der Waals surface area contributed by atoms with E-state index in [2.05, 4.69) is 5.32 Å². The van der Waals surface area contributed by atoms with E-state index >= 15 is 0 Å². The molecule has 0 saturated carbocycles. The van der Waals surface area contributed by atoms with Gasteiger partial charge in [-0.2, -0.15) is 0 Å². The van der Waals surface area contributed by atoms with Crippen molar-refractivity contribution in [3.63, 3.8) is 0 Å². The van der Waals surface area contributed by atoms with E-state index in [9.17, 15) is 14.7 Å². The van der Waals surface area contributed by atoms with Gasteiger partial charge in [0.2, 0.25) is 0 Å². The topological polar surface area (TPSA) is 90.7 Å². The summed E-state index contributed by atoms with van der Waals surface area (Å²) in [6, 6.07) is 15.0. The average molecular weight is 336 g/mol. The van der Waals surface area contributed by atoms with Gasteiger partial charge in [-0.1, -0.05) is 30.3 Å². The van der Waals surface area contributed by atoms with Crippen molar-refractivity contribution in [3.8, 4) is 0 Å². The van der Waals surface area contributed by atoms with Crippen molar-refractivity contribution in [3.05, 3.63) is 70.3 Å². The number of nitrogens with zero attached hydrogens (tertiary/aromatic N) is 1. The molecule has 0 aliphatic carbocycles. The highest BCUT2D eigenvalue weighted by atomic mass is 31.2. The summed E-state index contributed by atoms with van der Waals surface area (Å²) in [7, 11) is -1.00. The molecule has 0 aromatic heterocycles. The molecule has 0 heterocycles. The Kier molecular flexibility index (Phi) is 5.50. The number of hydrogen-bond donors (Lipinski definition) is 1. The summed E-state index contributed by atoms with van der Waals surface area (Å²) in [5.41, 5.74) is 1.04. The zero-order valence-electron chi connectivity index (χ0n) is 12.7. The molecule has 122 valence electrons. The average Bonchev–Trinajstić information content (AvgIpc) is 2.60. The second kappa shape index (κ2) is 7.37. The normalized spacial score (nSPS) is 12.6. The Morgan fingerprint density at radius 3 is 2.30 bits per heavy atom. The molecular weight excluding hydrogens is 319 g/mol. The predicted octanol–water partition coefficient (Wildman–Crippen LogP) is 4.19. The molecule has 0 spiro atoms. The first kappa shape index (κ1) is 17.1. The van der Waals surface area contributed by atoms with Gasteiger partial charge in [0.05, 0.1) is 4.92 Å². The Labute approximate surface area is 133 Å². The van der Waals surface area contributed by atoms with E-state index in [4.69, 9.17) is 9.05 Å². The third-order valence-corrected chi connectivity index (χ3v) is 5.38. The number of nitro benzene ring substituents is 1. The van der Waals surface area contributed by atoms with Crippen LogP contribution in [-0.2, 0) is 13.6 Å². The SMILES string of the molecule is COP(=O)(OC)[C@@H](Nc1ccccc1)c1cccc([N+](=O)[O-])c1. The van der Waals surface area contributed by atoms with Crippen LogP contribution in [0.15, 0.2) is 54.6 Å². The molecule has 0 unspecified atom stereocenters.